The average molecular weight is 473 g/mol. The van der Waals surface area contributed by atoms with Crippen molar-refractivity contribution in [3.8, 4) is 11.5 Å². The molecule has 154 valence electrons. The Morgan fingerprint density at radius 2 is 1.93 bits per heavy atom. The highest BCUT2D eigenvalue weighted by atomic mass is 79.9. The lowest BCUT2D eigenvalue weighted by Crippen LogP contribution is -2.15. The number of hydrogen-bond acceptors (Lipinski definition) is 3. The molecule has 2 aromatic carbocycles. The molecular formula is C22H28BrClFNO2. The van der Waals surface area contributed by atoms with Gasteiger partial charge >= 0.3 is 0 Å². The van der Waals surface area contributed by atoms with Crippen molar-refractivity contribution in [2.45, 2.75) is 52.2 Å². The molecule has 0 bridgehead atoms. The third-order valence-corrected chi connectivity index (χ3v) is 5.44. The van der Waals surface area contributed by atoms with Gasteiger partial charge in [-0.3, -0.25) is 0 Å². The molecule has 1 N–H and O–H groups in total. The Bertz CT molecular complexity index is 737. The quantitative estimate of drug-likeness (QED) is 0.341. The lowest BCUT2D eigenvalue weighted by Gasteiger charge is -2.15. The van der Waals surface area contributed by atoms with Gasteiger partial charge in [-0.1, -0.05) is 50.3 Å². The van der Waals surface area contributed by atoms with Crippen LogP contribution in [0.15, 0.2) is 34.8 Å². The van der Waals surface area contributed by atoms with E-state index in [1.54, 1.807) is 19.2 Å². The smallest absolute Gasteiger partial charge is 0.175 e. The second-order valence-electron chi connectivity index (χ2n) is 6.69. The first-order valence-electron chi connectivity index (χ1n) is 9.69. The number of hydrogen-bond donors (Lipinski definition) is 1. The van der Waals surface area contributed by atoms with Gasteiger partial charge in [-0.25, -0.2) is 4.39 Å². The van der Waals surface area contributed by atoms with Crippen LogP contribution in [0.1, 0.15) is 50.2 Å². The predicted molar refractivity (Wildman–Crippen MR) is 117 cm³/mol. The van der Waals surface area contributed by atoms with E-state index in [1.165, 1.54) is 38.2 Å². The number of rotatable bonds is 12. The van der Waals surface area contributed by atoms with Gasteiger partial charge in [-0.05, 0) is 58.7 Å². The van der Waals surface area contributed by atoms with E-state index >= 15 is 0 Å². The standard InChI is InChI=1S/C22H28BrClFNO2/c1-3-4-5-6-7-11-26-14-16-12-18(23)22(21(13-16)27-2)28-15-17-19(24)9-8-10-20(17)25/h8-10,12-13,26H,3-7,11,14-15H2,1-2H3. The molecule has 0 aliphatic heterocycles. The first-order chi connectivity index (χ1) is 13.6. The second-order valence-corrected chi connectivity index (χ2v) is 7.95. The van der Waals surface area contributed by atoms with Crippen LogP contribution in [-0.2, 0) is 13.2 Å². The molecule has 0 fully saturated rings. The zero-order valence-electron chi connectivity index (χ0n) is 16.5. The van der Waals surface area contributed by atoms with E-state index in [0.717, 1.165) is 23.1 Å². The summed E-state index contributed by atoms with van der Waals surface area (Å²) in [5.74, 6) is 0.745. The number of nitrogens with one attached hydrogen (secondary N) is 1. The maximum atomic E-state index is 14.0. The van der Waals surface area contributed by atoms with Gasteiger partial charge in [0.1, 0.15) is 12.4 Å². The third kappa shape index (κ3) is 6.94. The lowest BCUT2D eigenvalue weighted by molar-refractivity contribution is 0.277. The predicted octanol–water partition coefficient (Wildman–Crippen LogP) is 6.89. The lowest BCUT2D eigenvalue weighted by atomic mass is 10.1. The van der Waals surface area contributed by atoms with Gasteiger partial charge in [0.15, 0.2) is 11.5 Å². The third-order valence-electron chi connectivity index (χ3n) is 4.50. The molecule has 0 amide bonds. The van der Waals surface area contributed by atoms with Crippen molar-refractivity contribution in [2.24, 2.45) is 0 Å². The molecule has 0 aliphatic rings. The van der Waals surface area contributed by atoms with Crippen LogP contribution in [0.25, 0.3) is 0 Å². The fourth-order valence-electron chi connectivity index (χ4n) is 2.92. The van der Waals surface area contributed by atoms with Crippen molar-refractivity contribution in [3.63, 3.8) is 0 Å². The minimum absolute atomic E-state index is 0.0236. The summed E-state index contributed by atoms with van der Waals surface area (Å²) in [5, 5.41) is 3.81. The number of halogens is 3. The Hall–Kier alpha value is -1.30. The van der Waals surface area contributed by atoms with Gasteiger partial charge < -0.3 is 14.8 Å². The van der Waals surface area contributed by atoms with Gasteiger partial charge in [0.05, 0.1) is 16.6 Å². The minimum Gasteiger partial charge on any atom is -0.493 e. The summed E-state index contributed by atoms with van der Waals surface area (Å²) >= 11 is 9.62. The summed E-state index contributed by atoms with van der Waals surface area (Å²) in [6, 6.07) is 8.52. The SMILES string of the molecule is CCCCCCCNCc1cc(Br)c(OCc2c(F)cccc2Cl)c(OC)c1. The summed E-state index contributed by atoms with van der Waals surface area (Å²) < 4.78 is 26.0. The molecule has 2 aromatic rings. The number of unbranched alkanes of at least 4 members (excludes halogenated alkanes) is 4. The maximum absolute atomic E-state index is 14.0. The van der Waals surface area contributed by atoms with Gasteiger partial charge in [0.2, 0.25) is 0 Å². The Morgan fingerprint density at radius 1 is 1.14 bits per heavy atom. The van der Waals surface area contributed by atoms with E-state index in [-0.39, 0.29) is 12.4 Å². The first-order valence-corrected chi connectivity index (χ1v) is 10.9. The van der Waals surface area contributed by atoms with Crippen LogP contribution in [0.2, 0.25) is 5.02 Å². The molecule has 0 unspecified atom stereocenters. The minimum atomic E-state index is -0.387. The highest BCUT2D eigenvalue weighted by molar-refractivity contribution is 9.10. The largest absolute Gasteiger partial charge is 0.493 e. The Morgan fingerprint density at radius 3 is 2.64 bits per heavy atom. The van der Waals surface area contributed by atoms with Crippen LogP contribution in [0, 0.1) is 5.82 Å². The van der Waals surface area contributed by atoms with Crippen LogP contribution < -0.4 is 14.8 Å². The summed E-state index contributed by atoms with van der Waals surface area (Å²) in [7, 11) is 1.59. The molecule has 0 saturated carbocycles. The molecule has 0 atom stereocenters. The van der Waals surface area contributed by atoms with Crippen LogP contribution in [0.5, 0.6) is 11.5 Å². The zero-order chi connectivity index (χ0) is 20.4. The van der Waals surface area contributed by atoms with Crippen LogP contribution in [0.4, 0.5) is 4.39 Å². The summed E-state index contributed by atoms with van der Waals surface area (Å²) in [6.45, 7) is 3.99. The molecular weight excluding hydrogens is 445 g/mol. The summed E-state index contributed by atoms with van der Waals surface area (Å²) in [5.41, 5.74) is 1.42. The molecule has 2 rings (SSSR count). The molecule has 6 heteroatoms. The Balaban J connectivity index is 1.95. The molecule has 0 aliphatic carbocycles. The molecule has 28 heavy (non-hydrogen) atoms. The van der Waals surface area contributed by atoms with E-state index in [4.69, 9.17) is 21.1 Å². The van der Waals surface area contributed by atoms with E-state index in [1.807, 2.05) is 12.1 Å². The normalized spacial score (nSPS) is 10.9. The molecule has 0 aromatic heterocycles. The monoisotopic (exact) mass is 471 g/mol. The van der Waals surface area contributed by atoms with Crippen LogP contribution in [-0.4, -0.2) is 13.7 Å². The molecule has 3 nitrogen and oxygen atoms in total. The Labute approximate surface area is 180 Å². The van der Waals surface area contributed by atoms with E-state index in [0.29, 0.717) is 22.1 Å². The molecule has 0 saturated heterocycles. The van der Waals surface area contributed by atoms with E-state index in [2.05, 4.69) is 28.2 Å². The van der Waals surface area contributed by atoms with Gasteiger partial charge in [-0.15, -0.1) is 0 Å². The van der Waals surface area contributed by atoms with Crippen molar-refractivity contribution in [1.82, 2.24) is 5.32 Å². The van der Waals surface area contributed by atoms with Gasteiger partial charge in [-0.2, -0.15) is 0 Å². The van der Waals surface area contributed by atoms with E-state index < -0.39 is 0 Å². The summed E-state index contributed by atoms with van der Waals surface area (Å²) in [4.78, 5) is 0. The topological polar surface area (TPSA) is 30.5 Å². The highest BCUT2D eigenvalue weighted by Gasteiger charge is 2.14. The zero-order valence-corrected chi connectivity index (χ0v) is 18.8. The summed E-state index contributed by atoms with van der Waals surface area (Å²) in [6.07, 6.45) is 6.32. The highest BCUT2D eigenvalue weighted by Crippen LogP contribution is 2.37. The molecule has 0 spiro atoms. The number of ether oxygens (including phenoxy) is 2. The molecule has 0 heterocycles. The van der Waals surface area contributed by atoms with Crippen LogP contribution >= 0.6 is 27.5 Å². The van der Waals surface area contributed by atoms with Crippen molar-refractivity contribution in [1.29, 1.82) is 0 Å². The van der Waals surface area contributed by atoms with Gasteiger partial charge in [0, 0.05) is 12.1 Å². The van der Waals surface area contributed by atoms with Crippen molar-refractivity contribution >= 4 is 27.5 Å². The van der Waals surface area contributed by atoms with Crippen molar-refractivity contribution < 1.29 is 13.9 Å². The first kappa shape index (κ1) is 23.0. The van der Waals surface area contributed by atoms with E-state index in [9.17, 15) is 4.39 Å². The Kier molecular flexibility index (Phi) is 10.1. The fourth-order valence-corrected chi connectivity index (χ4v) is 3.74. The number of methoxy groups -OCH3 is 1. The number of benzene rings is 2. The van der Waals surface area contributed by atoms with Crippen molar-refractivity contribution in [3.05, 3.63) is 56.8 Å². The van der Waals surface area contributed by atoms with Gasteiger partial charge in [0.25, 0.3) is 0 Å². The van der Waals surface area contributed by atoms with Crippen molar-refractivity contribution in [2.75, 3.05) is 13.7 Å². The fraction of sp³-hybridized carbons (Fsp3) is 0.455. The maximum Gasteiger partial charge on any atom is 0.175 e. The second kappa shape index (κ2) is 12.3. The molecule has 0 radical (unpaired) electrons. The average Bonchev–Trinajstić information content (AvgIpc) is 2.67. The van der Waals surface area contributed by atoms with Crippen LogP contribution in [0.3, 0.4) is 0 Å².